The van der Waals surface area contributed by atoms with Gasteiger partial charge in [0.2, 0.25) is 5.88 Å². The lowest BCUT2D eigenvalue weighted by molar-refractivity contribution is 0.137. The molecule has 1 fully saturated rings. The van der Waals surface area contributed by atoms with E-state index in [0.717, 1.165) is 47.1 Å². The SMILES string of the molecule is ClC1=CCN=c2c3c([nH]c2=C1C1CCC(Oc2ccccn2)CC1)C=NNC3. The quantitative estimate of drug-likeness (QED) is 0.837. The fraction of sp³-hybridized carbons (Fsp3) is 0.381. The third-order valence-electron chi connectivity index (χ3n) is 5.70. The van der Waals surface area contributed by atoms with Crippen LogP contribution in [-0.2, 0) is 6.54 Å². The fourth-order valence-electron chi connectivity index (χ4n) is 4.34. The molecule has 0 atom stereocenters. The molecule has 0 aromatic carbocycles. The van der Waals surface area contributed by atoms with Gasteiger partial charge in [-0.15, -0.1) is 0 Å². The molecule has 2 aliphatic heterocycles. The van der Waals surface area contributed by atoms with Gasteiger partial charge in [0.1, 0.15) is 6.10 Å². The number of hydrazone groups is 1. The summed E-state index contributed by atoms with van der Waals surface area (Å²) >= 11 is 6.73. The molecular weight excluding hydrogens is 374 g/mol. The number of pyridine rings is 1. The summed E-state index contributed by atoms with van der Waals surface area (Å²) in [6, 6.07) is 5.77. The van der Waals surface area contributed by atoms with Crippen molar-refractivity contribution in [2.24, 2.45) is 16.0 Å². The van der Waals surface area contributed by atoms with Crippen molar-refractivity contribution in [3.63, 3.8) is 0 Å². The molecule has 5 rings (SSSR count). The second kappa shape index (κ2) is 7.43. The Labute approximate surface area is 168 Å². The first kappa shape index (κ1) is 17.5. The van der Waals surface area contributed by atoms with Gasteiger partial charge in [0.05, 0.1) is 35.7 Å². The summed E-state index contributed by atoms with van der Waals surface area (Å²) in [5.41, 5.74) is 6.44. The zero-order valence-corrected chi connectivity index (χ0v) is 16.2. The van der Waals surface area contributed by atoms with Crippen LogP contribution in [0.5, 0.6) is 5.88 Å². The highest BCUT2D eigenvalue weighted by Gasteiger charge is 2.28. The molecule has 3 aliphatic rings. The van der Waals surface area contributed by atoms with E-state index in [-0.39, 0.29) is 6.10 Å². The number of aromatic nitrogens is 2. The number of aromatic amines is 1. The summed E-state index contributed by atoms with van der Waals surface area (Å²) in [5, 5.41) is 7.08. The summed E-state index contributed by atoms with van der Waals surface area (Å²) in [7, 11) is 0. The lowest BCUT2D eigenvalue weighted by atomic mass is 9.82. The number of H-pyrrole nitrogens is 1. The summed E-state index contributed by atoms with van der Waals surface area (Å²) in [5.74, 6) is 1.10. The number of allylic oxidation sites excluding steroid dienone is 1. The Morgan fingerprint density at radius 1 is 1.14 bits per heavy atom. The topological polar surface area (TPSA) is 74.7 Å². The lowest BCUT2D eigenvalue weighted by Crippen LogP contribution is -2.33. The average molecular weight is 396 g/mol. The molecule has 0 unspecified atom stereocenters. The normalized spacial score (nSPS) is 23.6. The van der Waals surface area contributed by atoms with Crippen LogP contribution in [0.25, 0.3) is 5.57 Å². The fourth-order valence-corrected chi connectivity index (χ4v) is 4.66. The number of nitrogens with zero attached hydrogens (tertiary/aromatic N) is 3. The van der Waals surface area contributed by atoms with E-state index in [9.17, 15) is 0 Å². The van der Waals surface area contributed by atoms with Gasteiger partial charge < -0.3 is 15.1 Å². The summed E-state index contributed by atoms with van der Waals surface area (Å²) in [6.07, 6.45) is 9.88. The number of ether oxygens (including phenoxy) is 1. The van der Waals surface area contributed by atoms with Gasteiger partial charge in [-0.25, -0.2) is 4.98 Å². The summed E-state index contributed by atoms with van der Waals surface area (Å²) in [4.78, 5) is 12.6. The Hall–Kier alpha value is -2.60. The van der Waals surface area contributed by atoms with Crippen LogP contribution in [0.4, 0.5) is 0 Å². The van der Waals surface area contributed by atoms with E-state index in [4.69, 9.17) is 21.3 Å². The average Bonchev–Trinajstić information content (AvgIpc) is 3.00. The Bertz CT molecular complexity index is 1050. The maximum absolute atomic E-state index is 6.73. The monoisotopic (exact) mass is 395 g/mol. The van der Waals surface area contributed by atoms with E-state index in [1.165, 1.54) is 11.1 Å². The first-order chi connectivity index (χ1) is 13.8. The molecule has 7 heteroatoms. The Morgan fingerprint density at radius 2 is 2.04 bits per heavy atom. The number of hydrogen-bond acceptors (Lipinski definition) is 5. The highest BCUT2D eigenvalue weighted by atomic mass is 35.5. The van der Waals surface area contributed by atoms with E-state index < -0.39 is 0 Å². The first-order valence-corrected chi connectivity index (χ1v) is 10.2. The zero-order chi connectivity index (χ0) is 18.9. The number of nitrogens with one attached hydrogen (secondary N) is 2. The molecule has 0 saturated heterocycles. The maximum Gasteiger partial charge on any atom is 0.213 e. The molecule has 1 aliphatic carbocycles. The molecule has 0 bridgehead atoms. The van der Waals surface area contributed by atoms with Gasteiger partial charge in [0.15, 0.2) is 0 Å². The van der Waals surface area contributed by atoms with E-state index in [1.807, 2.05) is 30.5 Å². The Balaban J connectivity index is 1.43. The van der Waals surface area contributed by atoms with Crippen molar-refractivity contribution < 1.29 is 4.74 Å². The molecule has 144 valence electrons. The first-order valence-electron chi connectivity index (χ1n) is 9.79. The molecule has 4 heterocycles. The minimum atomic E-state index is 0.206. The predicted molar refractivity (Wildman–Crippen MR) is 109 cm³/mol. The van der Waals surface area contributed by atoms with E-state index >= 15 is 0 Å². The molecular formula is C21H22ClN5O. The maximum atomic E-state index is 6.73. The predicted octanol–water partition coefficient (Wildman–Crippen LogP) is 2.39. The second-order valence-electron chi connectivity index (χ2n) is 7.40. The van der Waals surface area contributed by atoms with Crippen LogP contribution in [-0.4, -0.2) is 28.8 Å². The van der Waals surface area contributed by atoms with E-state index in [2.05, 4.69) is 20.5 Å². The molecule has 0 spiro atoms. The highest BCUT2D eigenvalue weighted by molar-refractivity contribution is 6.35. The molecule has 0 amide bonds. The van der Waals surface area contributed by atoms with Gasteiger partial charge >= 0.3 is 0 Å². The van der Waals surface area contributed by atoms with Crippen molar-refractivity contribution in [2.75, 3.05) is 6.54 Å². The minimum absolute atomic E-state index is 0.206. The van der Waals surface area contributed by atoms with Crippen LogP contribution in [0.3, 0.4) is 0 Å². The highest BCUT2D eigenvalue weighted by Crippen LogP contribution is 2.36. The van der Waals surface area contributed by atoms with Crippen molar-refractivity contribution in [1.29, 1.82) is 0 Å². The lowest BCUT2D eigenvalue weighted by Gasteiger charge is -2.30. The van der Waals surface area contributed by atoms with Crippen molar-refractivity contribution in [1.82, 2.24) is 15.4 Å². The van der Waals surface area contributed by atoms with Crippen LogP contribution in [0.2, 0.25) is 0 Å². The Morgan fingerprint density at radius 3 is 2.86 bits per heavy atom. The van der Waals surface area contributed by atoms with Crippen molar-refractivity contribution in [2.45, 2.75) is 38.3 Å². The van der Waals surface area contributed by atoms with Crippen LogP contribution < -0.4 is 20.9 Å². The number of fused-ring (bicyclic) bond motifs is 3. The molecule has 1 saturated carbocycles. The van der Waals surface area contributed by atoms with E-state index in [0.29, 0.717) is 24.9 Å². The second-order valence-corrected chi connectivity index (χ2v) is 7.81. The zero-order valence-electron chi connectivity index (χ0n) is 15.5. The molecule has 28 heavy (non-hydrogen) atoms. The number of halogens is 1. The van der Waals surface area contributed by atoms with Crippen LogP contribution in [0, 0.1) is 5.92 Å². The summed E-state index contributed by atoms with van der Waals surface area (Å²) in [6.45, 7) is 1.30. The standard InChI is InChI=1S/C21H22ClN5O/c22-16-8-10-24-20-15-11-25-26-12-17(15)27-21(20)19(16)13-4-6-14(7-5-13)28-18-3-1-2-9-23-18/h1-3,8-9,12-14,25,27H,4-7,10-11H2. The largest absolute Gasteiger partial charge is 0.474 e. The number of hydrogen-bond donors (Lipinski definition) is 2. The molecule has 2 N–H and O–H groups in total. The minimum Gasteiger partial charge on any atom is -0.474 e. The van der Waals surface area contributed by atoms with Gasteiger partial charge in [-0.1, -0.05) is 17.7 Å². The Kier molecular flexibility index (Phi) is 4.64. The van der Waals surface area contributed by atoms with Gasteiger partial charge in [-0.3, -0.25) is 4.99 Å². The smallest absolute Gasteiger partial charge is 0.213 e. The number of rotatable bonds is 3. The van der Waals surface area contributed by atoms with Crippen molar-refractivity contribution in [3.05, 3.63) is 57.5 Å². The van der Waals surface area contributed by atoms with Gasteiger partial charge in [0.25, 0.3) is 0 Å². The molecule has 2 aromatic heterocycles. The van der Waals surface area contributed by atoms with Crippen LogP contribution >= 0.6 is 11.6 Å². The van der Waals surface area contributed by atoms with E-state index in [1.54, 1.807) is 6.20 Å². The van der Waals surface area contributed by atoms with Crippen LogP contribution in [0.1, 0.15) is 36.9 Å². The van der Waals surface area contributed by atoms with Gasteiger partial charge in [-0.05, 0) is 49.3 Å². The van der Waals surface area contributed by atoms with Crippen molar-refractivity contribution >= 4 is 23.4 Å². The third kappa shape index (κ3) is 3.22. The van der Waals surface area contributed by atoms with Crippen LogP contribution in [0.15, 0.2) is 45.6 Å². The molecule has 2 aromatic rings. The molecule has 6 nitrogen and oxygen atoms in total. The van der Waals surface area contributed by atoms with Crippen molar-refractivity contribution in [3.8, 4) is 5.88 Å². The van der Waals surface area contributed by atoms with Gasteiger partial charge in [-0.2, -0.15) is 5.10 Å². The molecule has 0 radical (unpaired) electrons. The summed E-state index contributed by atoms with van der Waals surface area (Å²) < 4.78 is 6.06. The third-order valence-corrected chi connectivity index (χ3v) is 6.06. The van der Waals surface area contributed by atoms with Gasteiger partial charge in [0, 0.05) is 22.9 Å².